The lowest BCUT2D eigenvalue weighted by atomic mass is 9.84. The molecule has 4 atom stereocenters. The van der Waals surface area contributed by atoms with Crippen LogP contribution in [0.15, 0.2) is 24.3 Å². The molecule has 1 aromatic rings. The van der Waals surface area contributed by atoms with E-state index in [1.807, 2.05) is 18.2 Å². The summed E-state index contributed by atoms with van der Waals surface area (Å²) in [5, 5.41) is 3.07. The fourth-order valence-electron chi connectivity index (χ4n) is 4.03. The van der Waals surface area contributed by atoms with Gasteiger partial charge in [0, 0.05) is 19.7 Å². The molecule has 4 heteroatoms. The van der Waals surface area contributed by atoms with Crippen LogP contribution in [0, 0.1) is 17.8 Å². The molecule has 0 spiro atoms. The Kier molecular flexibility index (Phi) is 4.27. The number of carbonyl (C=O) groups excluding carboxylic acids is 1. The molecule has 0 saturated heterocycles. The maximum absolute atomic E-state index is 12.4. The first-order chi connectivity index (χ1) is 10.2. The van der Waals surface area contributed by atoms with Gasteiger partial charge in [-0.3, -0.25) is 4.79 Å². The van der Waals surface area contributed by atoms with Crippen molar-refractivity contribution in [3.05, 3.63) is 35.4 Å². The Morgan fingerprint density at radius 3 is 2.81 bits per heavy atom. The van der Waals surface area contributed by atoms with E-state index in [0.29, 0.717) is 25.0 Å². The van der Waals surface area contributed by atoms with E-state index in [0.717, 1.165) is 17.5 Å². The van der Waals surface area contributed by atoms with Crippen molar-refractivity contribution in [2.75, 3.05) is 7.11 Å². The molecule has 2 aliphatic carbocycles. The van der Waals surface area contributed by atoms with Crippen LogP contribution in [0.4, 0.5) is 0 Å². The van der Waals surface area contributed by atoms with Gasteiger partial charge in [0.1, 0.15) is 0 Å². The summed E-state index contributed by atoms with van der Waals surface area (Å²) in [6.07, 6.45) is 3.51. The monoisotopic (exact) mass is 288 g/mol. The van der Waals surface area contributed by atoms with Crippen molar-refractivity contribution in [3.63, 3.8) is 0 Å². The molecule has 2 bridgehead atoms. The van der Waals surface area contributed by atoms with Crippen LogP contribution in [0.25, 0.3) is 0 Å². The molecule has 2 saturated carbocycles. The maximum atomic E-state index is 12.4. The van der Waals surface area contributed by atoms with Crippen molar-refractivity contribution in [1.82, 2.24) is 5.32 Å². The van der Waals surface area contributed by atoms with Crippen LogP contribution in [0.5, 0.6) is 0 Å². The number of nitrogens with two attached hydrogens (primary N) is 1. The van der Waals surface area contributed by atoms with Crippen molar-refractivity contribution in [3.8, 4) is 0 Å². The van der Waals surface area contributed by atoms with E-state index in [9.17, 15) is 4.79 Å². The topological polar surface area (TPSA) is 64.3 Å². The van der Waals surface area contributed by atoms with Gasteiger partial charge < -0.3 is 15.8 Å². The van der Waals surface area contributed by atoms with E-state index < -0.39 is 0 Å². The van der Waals surface area contributed by atoms with Gasteiger partial charge in [-0.05, 0) is 42.2 Å². The second kappa shape index (κ2) is 6.16. The van der Waals surface area contributed by atoms with E-state index in [4.69, 9.17) is 10.5 Å². The summed E-state index contributed by atoms with van der Waals surface area (Å²) >= 11 is 0. The van der Waals surface area contributed by atoms with Gasteiger partial charge in [0.15, 0.2) is 0 Å². The van der Waals surface area contributed by atoms with E-state index in [2.05, 4.69) is 11.4 Å². The smallest absolute Gasteiger partial charge is 0.225 e. The van der Waals surface area contributed by atoms with Crippen LogP contribution in [0.2, 0.25) is 0 Å². The van der Waals surface area contributed by atoms with Crippen molar-refractivity contribution >= 4 is 5.91 Å². The van der Waals surface area contributed by atoms with Gasteiger partial charge in [-0.15, -0.1) is 0 Å². The number of fused-ring (bicyclic) bond motifs is 2. The van der Waals surface area contributed by atoms with Gasteiger partial charge in [0.2, 0.25) is 5.91 Å². The quantitative estimate of drug-likeness (QED) is 0.868. The van der Waals surface area contributed by atoms with E-state index in [1.165, 1.54) is 12.8 Å². The predicted octanol–water partition coefficient (Wildman–Crippen LogP) is 1.82. The highest BCUT2D eigenvalue weighted by atomic mass is 16.5. The Hall–Kier alpha value is -1.39. The van der Waals surface area contributed by atoms with Crippen molar-refractivity contribution < 1.29 is 9.53 Å². The van der Waals surface area contributed by atoms with Gasteiger partial charge in [-0.1, -0.05) is 24.3 Å². The van der Waals surface area contributed by atoms with Gasteiger partial charge >= 0.3 is 0 Å². The minimum absolute atomic E-state index is 0.0194. The van der Waals surface area contributed by atoms with Gasteiger partial charge in [-0.2, -0.15) is 0 Å². The lowest BCUT2D eigenvalue weighted by Crippen LogP contribution is -2.45. The number of hydrogen-bond acceptors (Lipinski definition) is 3. The second-order valence-electron chi connectivity index (χ2n) is 6.41. The normalized spacial score (nSPS) is 30.6. The number of nitrogens with one attached hydrogen (secondary N) is 1. The molecule has 1 amide bonds. The lowest BCUT2D eigenvalue weighted by molar-refractivity contribution is -0.127. The second-order valence-corrected chi connectivity index (χ2v) is 6.41. The van der Waals surface area contributed by atoms with Crippen LogP contribution in [0.1, 0.15) is 30.4 Å². The molecule has 2 fully saturated rings. The average molecular weight is 288 g/mol. The molecule has 4 unspecified atom stereocenters. The van der Waals surface area contributed by atoms with Crippen LogP contribution < -0.4 is 11.1 Å². The number of benzene rings is 1. The summed E-state index contributed by atoms with van der Waals surface area (Å²) in [5.74, 6) is 1.22. The molecule has 0 aliphatic heterocycles. The minimum atomic E-state index is 0.0194. The van der Waals surface area contributed by atoms with Crippen LogP contribution >= 0.6 is 0 Å². The number of amides is 1. The molecule has 4 nitrogen and oxygen atoms in total. The highest BCUT2D eigenvalue weighted by Gasteiger charge is 2.48. The molecule has 0 radical (unpaired) electrons. The van der Waals surface area contributed by atoms with Crippen molar-refractivity contribution in [1.29, 1.82) is 0 Å². The third-order valence-electron chi connectivity index (χ3n) is 5.05. The van der Waals surface area contributed by atoms with Gasteiger partial charge in [0.05, 0.1) is 12.5 Å². The zero-order valence-corrected chi connectivity index (χ0v) is 12.5. The Balaban J connectivity index is 1.57. The Morgan fingerprint density at radius 2 is 2.10 bits per heavy atom. The molecule has 3 rings (SSSR count). The fourth-order valence-corrected chi connectivity index (χ4v) is 4.03. The minimum Gasteiger partial charge on any atom is -0.380 e. The van der Waals surface area contributed by atoms with Crippen LogP contribution in [-0.4, -0.2) is 19.1 Å². The molecule has 21 heavy (non-hydrogen) atoms. The standard InChI is InChI=1S/C17H24N2O2/c1-21-10-12-4-2-3-11(7-12)9-19-17(20)15-13-5-6-14(8-13)16(15)18/h2-4,7,13-16H,5-6,8-10,18H2,1H3,(H,19,20). The van der Waals surface area contributed by atoms with Crippen molar-refractivity contribution in [2.24, 2.45) is 23.5 Å². The molecule has 114 valence electrons. The maximum Gasteiger partial charge on any atom is 0.225 e. The first-order valence-corrected chi connectivity index (χ1v) is 7.79. The average Bonchev–Trinajstić information content (AvgIpc) is 3.06. The lowest BCUT2D eigenvalue weighted by Gasteiger charge is -2.27. The number of rotatable bonds is 5. The number of carbonyl (C=O) groups is 1. The first kappa shape index (κ1) is 14.5. The SMILES string of the molecule is COCc1cccc(CNC(=O)C2C3CCC(C3)C2N)c1. The highest BCUT2D eigenvalue weighted by Crippen LogP contribution is 2.47. The Morgan fingerprint density at radius 1 is 1.33 bits per heavy atom. The van der Waals surface area contributed by atoms with Crippen molar-refractivity contribution in [2.45, 2.75) is 38.5 Å². The zero-order chi connectivity index (χ0) is 14.8. The fraction of sp³-hybridized carbons (Fsp3) is 0.588. The molecular formula is C17H24N2O2. The van der Waals surface area contributed by atoms with Crippen LogP contribution in [-0.2, 0) is 22.7 Å². The molecule has 1 aromatic carbocycles. The summed E-state index contributed by atoms with van der Waals surface area (Å²) in [6.45, 7) is 1.16. The van der Waals surface area contributed by atoms with E-state index >= 15 is 0 Å². The zero-order valence-electron chi connectivity index (χ0n) is 12.5. The number of hydrogen-bond donors (Lipinski definition) is 2. The Bertz CT molecular complexity index is 515. The van der Waals surface area contributed by atoms with E-state index in [1.54, 1.807) is 7.11 Å². The molecule has 3 N–H and O–H groups in total. The Labute approximate surface area is 126 Å². The van der Waals surface area contributed by atoms with Gasteiger partial charge in [0.25, 0.3) is 0 Å². The summed E-state index contributed by atoms with van der Waals surface area (Å²) in [7, 11) is 1.69. The number of methoxy groups -OCH3 is 1. The molecule has 0 heterocycles. The summed E-state index contributed by atoms with van der Waals surface area (Å²) in [6, 6.07) is 8.19. The van der Waals surface area contributed by atoms with Crippen LogP contribution in [0.3, 0.4) is 0 Å². The van der Waals surface area contributed by atoms with Gasteiger partial charge in [-0.25, -0.2) is 0 Å². The number of ether oxygens (including phenoxy) is 1. The third-order valence-corrected chi connectivity index (χ3v) is 5.05. The highest BCUT2D eigenvalue weighted by molar-refractivity contribution is 5.80. The first-order valence-electron chi connectivity index (χ1n) is 7.79. The summed E-state index contributed by atoms with van der Waals surface area (Å²) in [4.78, 5) is 12.4. The summed E-state index contributed by atoms with van der Waals surface area (Å²) in [5.41, 5.74) is 8.45. The third kappa shape index (κ3) is 2.97. The predicted molar refractivity (Wildman–Crippen MR) is 81.3 cm³/mol. The largest absolute Gasteiger partial charge is 0.380 e. The van der Waals surface area contributed by atoms with E-state index in [-0.39, 0.29) is 17.9 Å². The summed E-state index contributed by atoms with van der Waals surface area (Å²) < 4.78 is 5.13. The molecule has 0 aromatic heterocycles. The molecular weight excluding hydrogens is 264 g/mol. The molecule has 2 aliphatic rings.